The van der Waals surface area contributed by atoms with Gasteiger partial charge in [0.15, 0.2) is 0 Å². The first-order valence-corrected chi connectivity index (χ1v) is 11.5. The number of halogens is 1. The summed E-state index contributed by atoms with van der Waals surface area (Å²) in [5.74, 6) is 0.0956. The van der Waals surface area contributed by atoms with Crippen molar-refractivity contribution < 1.29 is 17.9 Å². The highest BCUT2D eigenvalue weighted by Crippen LogP contribution is 2.39. The molecule has 0 aromatic heterocycles. The number of carbonyl (C=O) groups excluding carboxylic acids is 1. The van der Waals surface area contributed by atoms with Crippen LogP contribution in [-0.4, -0.2) is 38.4 Å². The van der Waals surface area contributed by atoms with E-state index in [0.29, 0.717) is 11.3 Å². The van der Waals surface area contributed by atoms with Gasteiger partial charge in [-0.05, 0) is 68.1 Å². The van der Waals surface area contributed by atoms with Crippen LogP contribution < -0.4 is 9.46 Å². The largest absolute Gasteiger partial charge is 0.495 e. The van der Waals surface area contributed by atoms with Crippen LogP contribution in [0.1, 0.15) is 36.0 Å². The quantitative estimate of drug-likeness (QED) is 0.724. The summed E-state index contributed by atoms with van der Waals surface area (Å²) in [4.78, 5) is 14.9. The summed E-state index contributed by atoms with van der Waals surface area (Å²) in [6.07, 6.45) is 4.12. The van der Waals surface area contributed by atoms with Gasteiger partial charge in [-0.2, -0.15) is 0 Å². The number of sulfonamides is 1. The summed E-state index contributed by atoms with van der Waals surface area (Å²) in [5.41, 5.74) is 0.801. The van der Waals surface area contributed by atoms with E-state index >= 15 is 0 Å². The molecular weight excluding hydrogens is 444 g/mol. The molecule has 1 amide bonds. The summed E-state index contributed by atoms with van der Waals surface area (Å²) in [6, 6.07) is 12.0. The topological polar surface area (TPSA) is 75.7 Å². The molecule has 2 aromatic carbocycles. The van der Waals surface area contributed by atoms with Crippen LogP contribution in [0.5, 0.6) is 5.75 Å². The highest BCUT2D eigenvalue weighted by Gasteiger charge is 2.42. The smallest absolute Gasteiger partial charge is 0.265 e. The average molecular weight is 465 g/mol. The number of amides is 1. The first-order chi connectivity index (χ1) is 13.4. The summed E-state index contributed by atoms with van der Waals surface area (Å²) >= 11 is 3.33. The molecular formula is C20H21BrN2O4S. The van der Waals surface area contributed by atoms with E-state index < -0.39 is 10.0 Å². The van der Waals surface area contributed by atoms with E-state index in [2.05, 4.69) is 20.7 Å². The number of benzene rings is 2. The number of anilines is 1. The summed E-state index contributed by atoms with van der Waals surface area (Å²) in [7, 11) is -2.51. The van der Waals surface area contributed by atoms with E-state index in [0.717, 1.165) is 30.2 Å². The zero-order valence-electron chi connectivity index (χ0n) is 15.4. The molecule has 2 aliphatic rings. The van der Waals surface area contributed by atoms with Crippen LogP contribution in [0.25, 0.3) is 0 Å². The Kier molecular flexibility index (Phi) is 5.09. The van der Waals surface area contributed by atoms with Gasteiger partial charge in [0.1, 0.15) is 10.6 Å². The molecule has 148 valence electrons. The van der Waals surface area contributed by atoms with Gasteiger partial charge in [0, 0.05) is 27.8 Å². The van der Waals surface area contributed by atoms with Crippen LogP contribution >= 0.6 is 15.9 Å². The van der Waals surface area contributed by atoms with Crippen molar-refractivity contribution >= 4 is 37.5 Å². The third-order valence-electron chi connectivity index (χ3n) is 5.48. The van der Waals surface area contributed by atoms with Gasteiger partial charge < -0.3 is 9.64 Å². The van der Waals surface area contributed by atoms with Crippen molar-refractivity contribution in [1.82, 2.24) is 4.90 Å². The number of methoxy groups -OCH3 is 1. The number of hydrogen-bond acceptors (Lipinski definition) is 4. The monoisotopic (exact) mass is 464 g/mol. The molecule has 2 aromatic rings. The molecule has 2 heterocycles. The van der Waals surface area contributed by atoms with E-state index in [1.807, 2.05) is 4.90 Å². The second-order valence-electron chi connectivity index (χ2n) is 7.15. The molecule has 2 aliphatic heterocycles. The standard InChI is InChI=1S/C20H21BrN2O4S/c1-27-18-11-2-13(20(24)23-16-7-8-17(23)10-9-16)12-19(18)28(25,26)22-15-5-3-14(21)4-6-15/h2-6,11-12,16-17,22H,7-10H2,1H3. The van der Waals surface area contributed by atoms with Gasteiger partial charge in [0.25, 0.3) is 15.9 Å². The molecule has 0 saturated carbocycles. The maximum Gasteiger partial charge on any atom is 0.265 e. The lowest BCUT2D eigenvalue weighted by Gasteiger charge is -2.22. The van der Waals surface area contributed by atoms with Crippen molar-refractivity contribution in [2.24, 2.45) is 0 Å². The van der Waals surface area contributed by atoms with E-state index in [1.54, 1.807) is 36.4 Å². The van der Waals surface area contributed by atoms with E-state index in [-0.39, 0.29) is 28.6 Å². The van der Waals surface area contributed by atoms with Gasteiger partial charge in [-0.3, -0.25) is 9.52 Å². The Morgan fingerprint density at radius 1 is 1.07 bits per heavy atom. The molecule has 1 N–H and O–H groups in total. The Balaban J connectivity index is 1.66. The molecule has 0 spiro atoms. The highest BCUT2D eigenvalue weighted by molar-refractivity contribution is 9.10. The number of rotatable bonds is 5. The maximum absolute atomic E-state index is 13.0. The van der Waals surface area contributed by atoms with Crippen molar-refractivity contribution in [2.75, 3.05) is 11.8 Å². The zero-order valence-corrected chi connectivity index (χ0v) is 17.8. The van der Waals surface area contributed by atoms with Crippen molar-refractivity contribution in [3.63, 3.8) is 0 Å². The average Bonchev–Trinajstić information content (AvgIpc) is 3.29. The second kappa shape index (κ2) is 7.40. The van der Waals surface area contributed by atoms with Gasteiger partial charge in [0.2, 0.25) is 0 Å². The third kappa shape index (κ3) is 3.51. The normalized spacial score (nSPS) is 21.0. The number of carbonyl (C=O) groups is 1. The third-order valence-corrected chi connectivity index (χ3v) is 7.42. The van der Waals surface area contributed by atoms with Crippen molar-refractivity contribution in [3.8, 4) is 5.75 Å². The predicted molar refractivity (Wildman–Crippen MR) is 110 cm³/mol. The van der Waals surface area contributed by atoms with Crippen LogP contribution in [0.3, 0.4) is 0 Å². The molecule has 28 heavy (non-hydrogen) atoms. The molecule has 8 heteroatoms. The van der Waals surface area contributed by atoms with Crippen LogP contribution in [0.4, 0.5) is 5.69 Å². The fourth-order valence-corrected chi connectivity index (χ4v) is 5.66. The van der Waals surface area contributed by atoms with Crippen molar-refractivity contribution in [1.29, 1.82) is 0 Å². The fourth-order valence-electron chi connectivity index (χ4n) is 4.14. The predicted octanol–water partition coefficient (Wildman–Crippen LogP) is 4.03. The molecule has 0 aliphatic carbocycles. The van der Waals surface area contributed by atoms with Crippen molar-refractivity contribution in [3.05, 3.63) is 52.5 Å². The first-order valence-electron chi connectivity index (χ1n) is 9.18. The van der Waals surface area contributed by atoms with E-state index in [4.69, 9.17) is 4.74 Å². The molecule has 0 atom stereocenters. The Morgan fingerprint density at radius 3 is 2.25 bits per heavy atom. The minimum Gasteiger partial charge on any atom is -0.495 e. The molecule has 0 unspecified atom stereocenters. The second-order valence-corrected chi connectivity index (χ2v) is 9.72. The Labute approximate surface area is 173 Å². The molecule has 0 radical (unpaired) electrons. The summed E-state index contributed by atoms with van der Waals surface area (Å²) in [5, 5.41) is 0. The fraction of sp³-hybridized carbons (Fsp3) is 0.350. The molecule has 4 rings (SSSR count). The summed E-state index contributed by atoms with van der Waals surface area (Å²) in [6.45, 7) is 0. The lowest BCUT2D eigenvalue weighted by atomic mass is 10.0. The molecule has 6 nitrogen and oxygen atoms in total. The Morgan fingerprint density at radius 2 is 1.68 bits per heavy atom. The highest BCUT2D eigenvalue weighted by atomic mass is 79.9. The van der Waals surface area contributed by atoms with Gasteiger partial charge in [-0.1, -0.05) is 15.9 Å². The minimum absolute atomic E-state index is 0.0460. The Hall–Kier alpha value is -2.06. The van der Waals surface area contributed by atoms with Crippen LogP contribution in [0.15, 0.2) is 51.8 Å². The zero-order chi connectivity index (χ0) is 19.9. The molecule has 2 fully saturated rings. The molecule has 2 bridgehead atoms. The first kappa shape index (κ1) is 19.3. The SMILES string of the molecule is COc1ccc(C(=O)N2C3CCC2CC3)cc1S(=O)(=O)Nc1ccc(Br)cc1. The number of fused-ring (bicyclic) bond motifs is 2. The summed E-state index contributed by atoms with van der Waals surface area (Å²) < 4.78 is 34.6. The molecule has 2 saturated heterocycles. The number of hydrogen-bond donors (Lipinski definition) is 1. The number of ether oxygens (including phenoxy) is 1. The lowest BCUT2D eigenvalue weighted by Crippen LogP contribution is -2.35. The van der Waals surface area contributed by atoms with E-state index in [1.165, 1.54) is 13.2 Å². The van der Waals surface area contributed by atoms with Crippen LogP contribution in [0.2, 0.25) is 0 Å². The van der Waals surface area contributed by atoms with Gasteiger partial charge in [-0.25, -0.2) is 8.42 Å². The Bertz CT molecular complexity index is 987. The maximum atomic E-state index is 13.0. The minimum atomic E-state index is -3.92. The number of nitrogens with one attached hydrogen (secondary N) is 1. The van der Waals surface area contributed by atoms with Crippen LogP contribution in [-0.2, 0) is 10.0 Å². The van der Waals surface area contributed by atoms with Gasteiger partial charge in [-0.15, -0.1) is 0 Å². The van der Waals surface area contributed by atoms with Gasteiger partial charge in [0.05, 0.1) is 7.11 Å². The van der Waals surface area contributed by atoms with E-state index in [9.17, 15) is 13.2 Å². The number of nitrogens with zero attached hydrogens (tertiary/aromatic N) is 1. The van der Waals surface area contributed by atoms with Crippen LogP contribution in [0, 0.1) is 0 Å². The van der Waals surface area contributed by atoms with Crippen molar-refractivity contribution in [2.45, 2.75) is 42.7 Å². The lowest BCUT2D eigenvalue weighted by molar-refractivity contribution is 0.0729. The van der Waals surface area contributed by atoms with Gasteiger partial charge >= 0.3 is 0 Å².